The van der Waals surface area contributed by atoms with Gasteiger partial charge in [-0.1, -0.05) is 29.8 Å². The minimum Gasteiger partial charge on any atom is -0.339 e. The number of hydrogen-bond acceptors (Lipinski definition) is 3. The van der Waals surface area contributed by atoms with Crippen molar-refractivity contribution >= 4 is 29.3 Å². The zero-order valence-corrected chi connectivity index (χ0v) is 12.6. The Kier molecular flexibility index (Phi) is 5.55. The molecule has 1 atom stereocenters. The first-order chi connectivity index (χ1) is 9.18. The van der Waals surface area contributed by atoms with Crippen LogP contribution in [0.2, 0.25) is 5.02 Å². The van der Waals surface area contributed by atoms with Crippen molar-refractivity contribution < 1.29 is 4.79 Å². The van der Waals surface area contributed by atoms with Crippen LogP contribution in [0.15, 0.2) is 24.3 Å². The lowest BCUT2D eigenvalue weighted by Gasteiger charge is -2.29. The van der Waals surface area contributed by atoms with Crippen LogP contribution >= 0.6 is 23.4 Å². The van der Waals surface area contributed by atoms with Gasteiger partial charge >= 0.3 is 0 Å². The number of piperazine rings is 1. The van der Waals surface area contributed by atoms with Gasteiger partial charge in [0, 0.05) is 37.0 Å². The lowest BCUT2D eigenvalue weighted by molar-refractivity contribution is -0.130. The Balaban J connectivity index is 1.85. The Morgan fingerprint density at radius 2 is 2.11 bits per heavy atom. The molecule has 1 fully saturated rings. The van der Waals surface area contributed by atoms with Crippen LogP contribution in [0, 0.1) is 0 Å². The van der Waals surface area contributed by atoms with E-state index in [9.17, 15) is 4.79 Å². The Morgan fingerprint density at radius 1 is 1.42 bits per heavy atom. The zero-order chi connectivity index (χ0) is 13.7. The maximum absolute atomic E-state index is 12.2. The van der Waals surface area contributed by atoms with Crippen molar-refractivity contribution in [3.63, 3.8) is 0 Å². The molecule has 1 aromatic rings. The second-order valence-electron chi connectivity index (χ2n) is 4.62. The molecule has 1 aromatic carbocycles. The van der Waals surface area contributed by atoms with Crippen molar-refractivity contribution in [3.05, 3.63) is 34.9 Å². The molecule has 0 saturated carbocycles. The molecular weight excluding hydrogens is 280 g/mol. The zero-order valence-electron chi connectivity index (χ0n) is 11.1. The molecule has 0 aromatic heterocycles. The Labute approximate surface area is 123 Å². The third-order valence-corrected chi connectivity index (χ3v) is 4.77. The molecule has 0 radical (unpaired) electrons. The summed E-state index contributed by atoms with van der Waals surface area (Å²) in [6.07, 6.45) is 0. The number of nitrogens with zero attached hydrogens (tertiary/aromatic N) is 1. The molecule has 1 aliphatic heterocycles. The number of nitrogens with one attached hydrogen (secondary N) is 1. The number of benzene rings is 1. The summed E-state index contributed by atoms with van der Waals surface area (Å²) in [5, 5.41) is 4.01. The highest BCUT2D eigenvalue weighted by Gasteiger charge is 2.22. The van der Waals surface area contributed by atoms with Gasteiger partial charge in [-0.15, -0.1) is 11.8 Å². The molecule has 1 heterocycles. The fraction of sp³-hybridized carbons (Fsp3) is 0.500. The van der Waals surface area contributed by atoms with E-state index >= 15 is 0 Å². The summed E-state index contributed by atoms with van der Waals surface area (Å²) in [4.78, 5) is 14.2. The number of carbonyl (C=O) groups is 1. The average Bonchev–Trinajstić information content (AvgIpc) is 2.46. The summed E-state index contributed by atoms with van der Waals surface area (Å²) in [5.41, 5.74) is 1.09. The van der Waals surface area contributed by atoms with Gasteiger partial charge < -0.3 is 10.2 Å². The van der Waals surface area contributed by atoms with Gasteiger partial charge in [-0.25, -0.2) is 0 Å². The molecule has 19 heavy (non-hydrogen) atoms. The largest absolute Gasteiger partial charge is 0.339 e. The van der Waals surface area contributed by atoms with E-state index in [-0.39, 0.29) is 11.2 Å². The highest BCUT2D eigenvalue weighted by molar-refractivity contribution is 7.99. The van der Waals surface area contributed by atoms with E-state index < -0.39 is 0 Å². The fourth-order valence-electron chi connectivity index (χ4n) is 2.04. The molecule has 1 saturated heterocycles. The second-order valence-corrected chi connectivity index (χ2v) is 6.36. The number of amides is 1. The van der Waals surface area contributed by atoms with Crippen molar-refractivity contribution in [1.29, 1.82) is 0 Å². The standard InChI is InChI=1S/C14H19ClN2OS/c1-11(14(18)17-8-6-16-7-9-17)19-10-12-4-2-3-5-13(12)15/h2-5,11,16H,6-10H2,1H3. The van der Waals surface area contributed by atoms with Crippen molar-refractivity contribution in [3.8, 4) is 0 Å². The third kappa shape index (κ3) is 4.13. The molecule has 1 N–H and O–H groups in total. The number of hydrogen-bond donors (Lipinski definition) is 1. The number of rotatable bonds is 4. The van der Waals surface area contributed by atoms with E-state index in [1.807, 2.05) is 36.1 Å². The summed E-state index contributed by atoms with van der Waals surface area (Å²) in [7, 11) is 0. The monoisotopic (exact) mass is 298 g/mol. The highest BCUT2D eigenvalue weighted by atomic mass is 35.5. The number of carbonyl (C=O) groups excluding carboxylic acids is 1. The summed E-state index contributed by atoms with van der Waals surface area (Å²) in [5.74, 6) is 1.01. The smallest absolute Gasteiger partial charge is 0.235 e. The van der Waals surface area contributed by atoms with Crippen LogP contribution in [0.3, 0.4) is 0 Å². The van der Waals surface area contributed by atoms with Gasteiger partial charge in [-0.3, -0.25) is 4.79 Å². The van der Waals surface area contributed by atoms with Crippen molar-refractivity contribution in [2.45, 2.75) is 17.9 Å². The maximum Gasteiger partial charge on any atom is 0.235 e. The van der Waals surface area contributed by atoms with E-state index in [0.29, 0.717) is 0 Å². The molecule has 0 spiro atoms. The first kappa shape index (κ1) is 14.7. The van der Waals surface area contributed by atoms with Crippen LogP contribution in [-0.2, 0) is 10.5 Å². The van der Waals surface area contributed by atoms with Crippen LogP contribution in [0.4, 0.5) is 0 Å². The van der Waals surface area contributed by atoms with Gasteiger partial charge in [-0.2, -0.15) is 0 Å². The molecular formula is C14H19ClN2OS. The minimum atomic E-state index is -0.0191. The maximum atomic E-state index is 12.2. The SMILES string of the molecule is CC(SCc1ccccc1Cl)C(=O)N1CCNCC1. The predicted molar refractivity (Wildman–Crippen MR) is 81.7 cm³/mol. The summed E-state index contributed by atoms with van der Waals surface area (Å²) < 4.78 is 0. The lowest BCUT2D eigenvalue weighted by atomic mass is 10.2. The Morgan fingerprint density at radius 3 is 2.79 bits per heavy atom. The topological polar surface area (TPSA) is 32.3 Å². The van der Waals surface area contributed by atoms with Crippen molar-refractivity contribution in [2.75, 3.05) is 26.2 Å². The first-order valence-electron chi connectivity index (χ1n) is 6.53. The van der Waals surface area contributed by atoms with Gasteiger partial charge in [0.15, 0.2) is 0 Å². The molecule has 0 bridgehead atoms. The minimum absolute atomic E-state index is 0.0191. The van der Waals surface area contributed by atoms with E-state index in [0.717, 1.165) is 42.5 Å². The van der Waals surface area contributed by atoms with Crippen molar-refractivity contribution in [1.82, 2.24) is 10.2 Å². The molecule has 1 aliphatic rings. The lowest BCUT2D eigenvalue weighted by Crippen LogP contribution is -2.48. The molecule has 5 heteroatoms. The molecule has 1 unspecified atom stereocenters. The third-order valence-electron chi connectivity index (χ3n) is 3.22. The molecule has 3 nitrogen and oxygen atoms in total. The van der Waals surface area contributed by atoms with Gasteiger partial charge in [0.1, 0.15) is 0 Å². The van der Waals surface area contributed by atoms with E-state index in [4.69, 9.17) is 11.6 Å². The van der Waals surface area contributed by atoms with Crippen molar-refractivity contribution in [2.24, 2.45) is 0 Å². The average molecular weight is 299 g/mol. The summed E-state index contributed by atoms with van der Waals surface area (Å²) in [6.45, 7) is 5.40. The fourth-order valence-corrected chi connectivity index (χ4v) is 3.30. The van der Waals surface area contributed by atoms with Gasteiger partial charge in [0.25, 0.3) is 0 Å². The Hall–Kier alpha value is -0.710. The van der Waals surface area contributed by atoms with Crippen LogP contribution in [0.5, 0.6) is 0 Å². The second kappa shape index (κ2) is 7.17. The van der Waals surface area contributed by atoms with Gasteiger partial charge in [-0.05, 0) is 18.6 Å². The molecule has 1 amide bonds. The van der Waals surface area contributed by atoms with Crippen LogP contribution < -0.4 is 5.32 Å². The van der Waals surface area contributed by atoms with Crippen LogP contribution in [0.1, 0.15) is 12.5 Å². The molecule has 2 rings (SSSR count). The van der Waals surface area contributed by atoms with Gasteiger partial charge in [0.05, 0.1) is 5.25 Å². The van der Waals surface area contributed by atoms with E-state index in [1.54, 1.807) is 11.8 Å². The first-order valence-corrected chi connectivity index (χ1v) is 7.95. The Bertz CT molecular complexity index is 435. The molecule has 0 aliphatic carbocycles. The quantitative estimate of drug-likeness (QED) is 0.926. The van der Waals surface area contributed by atoms with Gasteiger partial charge in [0.2, 0.25) is 5.91 Å². The van der Waals surface area contributed by atoms with E-state index in [2.05, 4.69) is 5.32 Å². The predicted octanol–water partition coefficient (Wildman–Crippen LogP) is 2.39. The number of thioether (sulfide) groups is 1. The summed E-state index contributed by atoms with van der Waals surface area (Å²) in [6, 6.07) is 7.80. The highest BCUT2D eigenvalue weighted by Crippen LogP contribution is 2.24. The van der Waals surface area contributed by atoms with Crippen LogP contribution in [-0.4, -0.2) is 42.2 Å². The van der Waals surface area contributed by atoms with Crippen LogP contribution in [0.25, 0.3) is 0 Å². The normalized spacial score (nSPS) is 17.3. The molecule has 104 valence electrons. The van der Waals surface area contributed by atoms with E-state index in [1.165, 1.54) is 0 Å². The summed E-state index contributed by atoms with van der Waals surface area (Å²) >= 11 is 7.77. The number of halogens is 1.